The Morgan fingerprint density at radius 3 is 2.67 bits per heavy atom. The van der Waals surface area contributed by atoms with Crippen molar-refractivity contribution in [2.45, 2.75) is 30.7 Å². The molecule has 1 amide bonds. The average Bonchev–Trinajstić information content (AvgIpc) is 2.54. The van der Waals surface area contributed by atoms with Gasteiger partial charge in [0.15, 0.2) is 0 Å². The third kappa shape index (κ3) is 4.60. The number of sulfonamides is 1. The third-order valence-electron chi connectivity index (χ3n) is 3.89. The van der Waals surface area contributed by atoms with Crippen LogP contribution in [0.4, 0.5) is 5.69 Å². The first-order valence-corrected chi connectivity index (χ1v) is 8.95. The van der Waals surface area contributed by atoms with Crippen molar-refractivity contribution in [3.63, 3.8) is 0 Å². The van der Waals surface area contributed by atoms with E-state index in [1.54, 1.807) is 12.1 Å². The van der Waals surface area contributed by atoms with E-state index in [0.29, 0.717) is 18.8 Å². The van der Waals surface area contributed by atoms with Crippen LogP contribution in [-0.2, 0) is 14.8 Å². The van der Waals surface area contributed by atoms with Crippen LogP contribution in [0.25, 0.3) is 0 Å². The van der Waals surface area contributed by atoms with E-state index in [1.807, 2.05) is 7.05 Å². The maximum absolute atomic E-state index is 13.0. The Morgan fingerprint density at radius 2 is 2.08 bits per heavy atom. The molecule has 1 atom stereocenters. The summed E-state index contributed by atoms with van der Waals surface area (Å²) in [4.78, 5) is 11.3. The number of nitrogens with one attached hydrogen (secondary N) is 2. The fourth-order valence-corrected chi connectivity index (χ4v) is 4.40. The van der Waals surface area contributed by atoms with Gasteiger partial charge < -0.3 is 15.4 Å². The number of piperidine rings is 1. The Kier molecular flexibility index (Phi) is 7.47. The zero-order valence-electron chi connectivity index (χ0n) is 14.0. The summed E-state index contributed by atoms with van der Waals surface area (Å²) < 4.78 is 32.6. The molecule has 1 aliphatic rings. The highest BCUT2D eigenvalue weighted by atomic mass is 35.5. The molecule has 136 valence electrons. The molecule has 1 aromatic carbocycles. The second-order valence-corrected chi connectivity index (χ2v) is 7.44. The molecule has 0 aliphatic carbocycles. The van der Waals surface area contributed by atoms with Crippen molar-refractivity contribution in [3.8, 4) is 5.75 Å². The highest BCUT2D eigenvalue weighted by Crippen LogP contribution is 2.31. The summed E-state index contributed by atoms with van der Waals surface area (Å²) in [5.74, 6) is 0.0115. The number of rotatable bonds is 5. The Bertz CT molecular complexity index is 681. The maximum Gasteiger partial charge on any atom is 0.246 e. The van der Waals surface area contributed by atoms with Gasteiger partial charge in [-0.25, -0.2) is 8.42 Å². The highest BCUT2D eigenvalue weighted by molar-refractivity contribution is 7.89. The topological polar surface area (TPSA) is 87.7 Å². The van der Waals surface area contributed by atoms with Crippen molar-refractivity contribution < 1.29 is 17.9 Å². The van der Waals surface area contributed by atoms with Crippen LogP contribution in [0.1, 0.15) is 19.8 Å². The molecule has 1 heterocycles. The SMILES string of the molecule is CNC1CCCN(S(=O)(=O)c2cc(NC(C)=O)ccc2OC)C1.Cl. The summed E-state index contributed by atoms with van der Waals surface area (Å²) in [6.07, 6.45) is 1.75. The molecular formula is C15H24ClN3O4S. The molecule has 0 saturated carbocycles. The zero-order chi connectivity index (χ0) is 17.0. The molecule has 0 aromatic heterocycles. The molecule has 1 aromatic rings. The van der Waals surface area contributed by atoms with Crippen LogP contribution in [0.15, 0.2) is 23.1 Å². The van der Waals surface area contributed by atoms with Crippen LogP contribution in [-0.4, -0.2) is 51.9 Å². The van der Waals surface area contributed by atoms with E-state index < -0.39 is 10.0 Å². The smallest absolute Gasteiger partial charge is 0.246 e. The molecule has 2 N–H and O–H groups in total. The van der Waals surface area contributed by atoms with Crippen molar-refractivity contribution in [1.29, 1.82) is 0 Å². The number of nitrogens with zero attached hydrogens (tertiary/aromatic N) is 1. The van der Waals surface area contributed by atoms with Gasteiger partial charge in [0.25, 0.3) is 0 Å². The Hall–Kier alpha value is -1.35. The molecule has 2 rings (SSSR count). The normalized spacial score (nSPS) is 18.5. The minimum atomic E-state index is -3.69. The van der Waals surface area contributed by atoms with E-state index in [0.717, 1.165) is 12.8 Å². The lowest BCUT2D eigenvalue weighted by Crippen LogP contribution is -2.46. The van der Waals surface area contributed by atoms with Crippen molar-refractivity contribution in [2.24, 2.45) is 0 Å². The predicted molar refractivity (Wildman–Crippen MR) is 95.4 cm³/mol. The minimum absolute atomic E-state index is 0. The molecule has 1 unspecified atom stereocenters. The van der Waals surface area contributed by atoms with Crippen LogP contribution in [0.3, 0.4) is 0 Å². The van der Waals surface area contributed by atoms with Crippen LogP contribution < -0.4 is 15.4 Å². The van der Waals surface area contributed by atoms with Gasteiger partial charge in [0, 0.05) is 31.7 Å². The van der Waals surface area contributed by atoms with Crippen LogP contribution >= 0.6 is 12.4 Å². The number of hydrogen-bond acceptors (Lipinski definition) is 5. The van der Waals surface area contributed by atoms with Gasteiger partial charge in [-0.1, -0.05) is 0 Å². The summed E-state index contributed by atoms with van der Waals surface area (Å²) in [6.45, 7) is 2.28. The van der Waals surface area contributed by atoms with Gasteiger partial charge in [-0.2, -0.15) is 4.31 Å². The van der Waals surface area contributed by atoms with E-state index >= 15 is 0 Å². The lowest BCUT2D eigenvalue weighted by Gasteiger charge is -2.32. The van der Waals surface area contributed by atoms with E-state index in [2.05, 4.69) is 10.6 Å². The second kappa shape index (κ2) is 8.66. The molecule has 7 nitrogen and oxygen atoms in total. The first kappa shape index (κ1) is 20.7. The Morgan fingerprint density at radius 1 is 1.38 bits per heavy atom. The average molecular weight is 378 g/mol. The van der Waals surface area contributed by atoms with Gasteiger partial charge >= 0.3 is 0 Å². The van der Waals surface area contributed by atoms with E-state index in [9.17, 15) is 13.2 Å². The van der Waals surface area contributed by atoms with Crippen molar-refractivity contribution in [1.82, 2.24) is 9.62 Å². The molecule has 1 saturated heterocycles. The van der Waals surface area contributed by atoms with E-state index in [-0.39, 0.29) is 35.0 Å². The lowest BCUT2D eigenvalue weighted by molar-refractivity contribution is -0.114. The summed E-state index contributed by atoms with van der Waals surface area (Å²) >= 11 is 0. The summed E-state index contributed by atoms with van der Waals surface area (Å²) in [6, 6.07) is 4.75. The number of amides is 1. The van der Waals surface area contributed by atoms with Crippen LogP contribution in [0.5, 0.6) is 5.75 Å². The first-order valence-electron chi connectivity index (χ1n) is 7.51. The summed E-state index contributed by atoms with van der Waals surface area (Å²) in [5.41, 5.74) is 0.430. The van der Waals surface area contributed by atoms with Gasteiger partial charge in [-0.15, -0.1) is 12.4 Å². The van der Waals surface area contributed by atoms with Crippen LogP contribution in [0.2, 0.25) is 0 Å². The number of methoxy groups -OCH3 is 1. The molecule has 1 aliphatic heterocycles. The lowest BCUT2D eigenvalue weighted by atomic mass is 10.1. The van der Waals surface area contributed by atoms with Gasteiger partial charge in [0.05, 0.1) is 7.11 Å². The Labute approximate surface area is 149 Å². The van der Waals surface area contributed by atoms with Crippen molar-refractivity contribution >= 4 is 34.0 Å². The fraction of sp³-hybridized carbons (Fsp3) is 0.533. The van der Waals surface area contributed by atoms with Gasteiger partial charge in [-0.3, -0.25) is 4.79 Å². The third-order valence-corrected chi connectivity index (χ3v) is 5.78. The van der Waals surface area contributed by atoms with E-state index in [4.69, 9.17) is 4.74 Å². The molecule has 0 spiro atoms. The molecule has 24 heavy (non-hydrogen) atoms. The largest absolute Gasteiger partial charge is 0.495 e. The summed E-state index contributed by atoms with van der Waals surface area (Å²) in [7, 11) is -0.427. The van der Waals surface area contributed by atoms with E-state index in [1.165, 1.54) is 24.4 Å². The standard InChI is InChI=1S/C15H23N3O4S.ClH/c1-11(19)17-12-6-7-14(22-3)15(9-12)23(20,21)18-8-4-5-13(10-18)16-2;/h6-7,9,13,16H,4-5,8,10H2,1-3H3,(H,17,19);1H. The fourth-order valence-electron chi connectivity index (χ4n) is 2.69. The quantitative estimate of drug-likeness (QED) is 0.810. The summed E-state index contributed by atoms with van der Waals surface area (Å²) in [5, 5.41) is 5.73. The number of ether oxygens (including phenoxy) is 1. The number of halogens is 1. The number of anilines is 1. The van der Waals surface area contributed by atoms with Gasteiger partial charge in [0.1, 0.15) is 10.6 Å². The zero-order valence-corrected chi connectivity index (χ0v) is 15.7. The monoisotopic (exact) mass is 377 g/mol. The number of hydrogen-bond donors (Lipinski definition) is 2. The molecule has 9 heteroatoms. The predicted octanol–water partition coefficient (Wildman–Crippen LogP) is 1.45. The number of carbonyl (C=O) groups is 1. The van der Waals surface area contributed by atoms with Crippen molar-refractivity contribution in [2.75, 3.05) is 32.6 Å². The van der Waals surface area contributed by atoms with Gasteiger partial charge in [0.2, 0.25) is 15.9 Å². The highest BCUT2D eigenvalue weighted by Gasteiger charge is 2.32. The maximum atomic E-state index is 13.0. The number of likely N-dealkylation sites (N-methyl/N-ethyl adjacent to an activating group) is 1. The molecular weight excluding hydrogens is 354 g/mol. The number of benzene rings is 1. The van der Waals surface area contributed by atoms with Crippen molar-refractivity contribution in [3.05, 3.63) is 18.2 Å². The second-order valence-electron chi connectivity index (χ2n) is 5.54. The van der Waals surface area contributed by atoms with Crippen LogP contribution in [0, 0.1) is 0 Å². The van der Waals surface area contributed by atoms with Gasteiger partial charge in [-0.05, 0) is 38.1 Å². The first-order chi connectivity index (χ1) is 10.9. The number of carbonyl (C=O) groups excluding carboxylic acids is 1. The minimum Gasteiger partial charge on any atom is -0.495 e. The Balaban J connectivity index is 0.00000288. The molecule has 0 bridgehead atoms. The molecule has 0 radical (unpaired) electrons. The molecule has 1 fully saturated rings.